The largest absolute Gasteiger partial charge is 0.488 e. The van der Waals surface area contributed by atoms with E-state index in [1.807, 2.05) is 59.5 Å². The lowest BCUT2D eigenvalue weighted by Gasteiger charge is -2.26. The number of anilines is 1. The molecule has 37 heavy (non-hydrogen) atoms. The monoisotopic (exact) mass is 609 g/mol. The number of pyridine rings is 1. The minimum Gasteiger partial charge on any atom is -0.488 e. The number of amides is 1. The summed E-state index contributed by atoms with van der Waals surface area (Å²) < 4.78 is 14.6. The zero-order valence-electron chi connectivity index (χ0n) is 20.3. The van der Waals surface area contributed by atoms with E-state index < -0.39 is 0 Å². The highest BCUT2D eigenvalue weighted by molar-refractivity contribution is 14.1. The molecule has 2 aromatic carbocycles. The van der Waals surface area contributed by atoms with Crippen molar-refractivity contribution >= 4 is 34.2 Å². The van der Waals surface area contributed by atoms with E-state index in [1.165, 1.54) is 0 Å². The third-order valence-corrected chi connectivity index (χ3v) is 6.89. The van der Waals surface area contributed by atoms with Gasteiger partial charge < -0.3 is 14.8 Å². The number of carbonyl (C=O) groups is 1. The Balaban J connectivity index is 1.34. The van der Waals surface area contributed by atoms with Crippen LogP contribution in [-0.2, 0) is 17.9 Å². The third-order valence-electron chi connectivity index (χ3n) is 6.17. The third kappa shape index (κ3) is 6.94. The summed E-state index contributed by atoms with van der Waals surface area (Å²) in [6.07, 6.45) is 7.14. The lowest BCUT2D eigenvalue weighted by Crippen LogP contribution is -2.38. The average Bonchev–Trinajstić information content (AvgIpc) is 3.42. The van der Waals surface area contributed by atoms with Crippen molar-refractivity contribution in [1.82, 2.24) is 19.7 Å². The van der Waals surface area contributed by atoms with Gasteiger partial charge in [0.1, 0.15) is 12.4 Å². The fourth-order valence-electron chi connectivity index (χ4n) is 4.09. The van der Waals surface area contributed by atoms with E-state index in [9.17, 15) is 4.79 Å². The molecule has 9 heteroatoms. The second kappa shape index (κ2) is 12.3. The molecule has 190 valence electrons. The number of halogens is 1. The van der Waals surface area contributed by atoms with Gasteiger partial charge in [-0.25, -0.2) is 0 Å². The number of nitrogens with one attached hydrogen (secondary N) is 1. The van der Waals surface area contributed by atoms with Crippen LogP contribution in [0.2, 0.25) is 0 Å². The lowest BCUT2D eigenvalue weighted by molar-refractivity contribution is 0.0360. The van der Waals surface area contributed by atoms with Crippen LogP contribution in [0, 0.1) is 3.57 Å². The van der Waals surface area contributed by atoms with Crippen LogP contribution in [0.3, 0.4) is 0 Å². The summed E-state index contributed by atoms with van der Waals surface area (Å²) in [7, 11) is 0. The molecule has 0 bridgehead atoms. The fraction of sp³-hybridized carbons (Fsp3) is 0.250. The summed E-state index contributed by atoms with van der Waals surface area (Å²) in [6.45, 7) is 5.56. The zero-order chi connectivity index (χ0) is 25.5. The molecule has 1 amide bonds. The minimum atomic E-state index is -0.257. The van der Waals surface area contributed by atoms with Crippen LogP contribution in [0.4, 0.5) is 5.69 Å². The van der Waals surface area contributed by atoms with Crippen LogP contribution in [0.1, 0.15) is 15.9 Å². The molecule has 1 saturated heterocycles. The van der Waals surface area contributed by atoms with Gasteiger partial charge in [0.05, 0.1) is 43.4 Å². The number of hydrogen-bond donors (Lipinski definition) is 1. The molecule has 1 fully saturated rings. The number of benzene rings is 2. The zero-order valence-corrected chi connectivity index (χ0v) is 22.5. The molecule has 0 saturated carbocycles. The number of nitrogens with zero attached hydrogens (tertiary/aromatic N) is 4. The second-order valence-electron chi connectivity index (χ2n) is 8.77. The molecule has 3 heterocycles. The molecule has 0 atom stereocenters. The number of aromatic nitrogens is 3. The van der Waals surface area contributed by atoms with E-state index in [0.717, 1.165) is 59.7 Å². The Hall–Kier alpha value is -3.28. The molecule has 1 aliphatic rings. The number of ether oxygens (including phenoxy) is 2. The fourth-order valence-corrected chi connectivity index (χ4v) is 4.45. The first-order valence-electron chi connectivity index (χ1n) is 12.2. The Morgan fingerprint density at radius 1 is 1.03 bits per heavy atom. The average molecular weight is 609 g/mol. The van der Waals surface area contributed by atoms with Crippen LogP contribution < -0.4 is 10.1 Å². The molecule has 0 unspecified atom stereocenters. The van der Waals surface area contributed by atoms with Crippen molar-refractivity contribution in [3.63, 3.8) is 0 Å². The Kier molecular flexibility index (Phi) is 8.44. The quantitative estimate of drug-likeness (QED) is 0.277. The maximum Gasteiger partial charge on any atom is 0.259 e. The molecule has 0 aliphatic carbocycles. The normalized spacial score (nSPS) is 13.9. The standard InChI is InChI=1S/C28H28IN5O3/c29-24-6-3-21(4-7-24)20-37-27-8-5-22(16-26(27)28(35)32-25-2-1-9-30-18-25)23-17-31-34(19-23)11-10-33-12-14-36-15-13-33/h1-9,16-19H,10-15,20H2,(H,32,35). The van der Waals surface area contributed by atoms with Gasteiger partial charge in [-0.2, -0.15) is 5.10 Å². The van der Waals surface area contributed by atoms with Gasteiger partial charge in [-0.15, -0.1) is 0 Å². The highest BCUT2D eigenvalue weighted by Gasteiger charge is 2.16. The van der Waals surface area contributed by atoms with Crippen molar-refractivity contribution in [2.45, 2.75) is 13.2 Å². The first-order chi connectivity index (χ1) is 18.1. The Morgan fingerprint density at radius 2 is 1.86 bits per heavy atom. The van der Waals surface area contributed by atoms with Crippen molar-refractivity contribution in [3.8, 4) is 16.9 Å². The van der Waals surface area contributed by atoms with Gasteiger partial charge in [0, 0.05) is 41.2 Å². The van der Waals surface area contributed by atoms with Gasteiger partial charge in [-0.05, 0) is 70.1 Å². The molecule has 8 nitrogen and oxygen atoms in total. The van der Waals surface area contributed by atoms with Crippen molar-refractivity contribution in [2.75, 3.05) is 38.2 Å². The molecule has 0 radical (unpaired) electrons. The highest BCUT2D eigenvalue weighted by atomic mass is 127. The summed E-state index contributed by atoms with van der Waals surface area (Å²) in [6, 6.07) is 17.4. The van der Waals surface area contributed by atoms with Crippen LogP contribution in [-0.4, -0.2) is 58.4 Å². The summed E-state index contributed by atoms with van der Waals surface area (Å²) in [4.78, 5) is 19.8. The Morgan fingerprint density at radius 3 is 2.65 bits per heavy atom. The van der Waals surface area contributed by atoms with Gasteiger partial charge in [-0.1, -0.05) is 18.2 Å². The number of hydrogen-bond acceptors (Lipinski definition) is 6. The number of morpholine rings is 1. The predicted octanol–water partition coefficient (Wildman–Crippen LogP) is 4.71. The van der Waals surface area contributed by atoms with Gasteiger partial charge >= 0.3 is 0 Å². The van der Waals surface area contributed by atoms with Crippen molar-refractivity contribution in [2.24, 2.45) is 0 Å². The van der Waals surface area contributed by atoms with E-state index in [-0.39, 0.29) is 5.91 Å². The highest BCUT2D eigenvalue weighted by Crippen LogP contribution is 2.28. The Bertz CT molecular complexity index is 1320. The summed E-state index contributed by atoms with van der Waals surface area (Å²) in [5.74, 6) is 0.260. The van der Waals surface area contributed by atoms with Crippen LogP contribution in [0.15, 0.2) is 79.4 Å². The topological polar surface area (TPSA) is 81.5 Å². The molecule has 0 spiro atoms. The second-order valence-corrected chi connectivity index (χ2v) is 10.0. The molecule has 1 N–H and O–H groups in total. The first-order valence-corrected chi connectivity index (χ1v) is 13.3. The maximum absolute atomic E-state index is 13.3. The maximum atomic E-state index is 13.3. The van der Waals surface area contributed by atoms with E-state index in [4.69, 9.17) is 9.47 Å². The van der Waals surface area contributed by atoms with Gasteiger partial charge in [-0.3, -0.25) is 19.4 Å². The van der Waals surface area contributed by atoms with E-state index in [2.05, 4.69) is 42.9 Å². The van der Waals surface area contributed by atoms with Gasteiger partial charge in [0.2, 0.25) is 0 Å². The summed E-state index contributed by atoms with van der Waals surface area (Å²) >= 11 is 2.27. The van der Waals surface area contributed by atoms with E-state index in [0.29, 0.717) is 23.6 Å². The van der Waals surface area contributed by atoms with Crippen molar-refractivity contribution < 1.29 is 14.3 Å². The Labute approximate surface area is 229 Å². The van der Waals surface area contributed by atoms with E-state index >= 15 is 0 Å². The summed E-state index contributed by atoms with van der Waals surface area (Å²) in [5.41, 5.74) is 3.95. The van der Waals surface area contributed by atoms with Crippen molar-refractivity contribution in [3.05, 3.63) is 94.1 Å². The van der Waals surface area contributed by atoms with Gasteiger partial charge in [0.25, 0.3) is 5.91 Å². The SMILES string of the molecule is O=C(Nc1cccnc1)c1cc(-c2cnn(CCN3CCOCC3)c2)ccc1OCc1ccc(I)cc1. The minimum absolute atomic E-state index is 0.257. The first kappa shape index (κ1) is 25.4. The lowest BCUT2D eigenvalue weighted by atomic mass is 10.0. The molecular formula is C28H28IN5O3. The molecule has 2 aromatic heterocycles. The van der Waals surface area contributed by atoms with Crippen LogP contribution in [0.25, 0.3) is 11.1 Å². The summed E-state index contributed by atoms with van der Waals surface area (Å²) in [5, 5.41) is 7.47. The van der Waals surface area contributed by atoms with Crippen molar-refractivity contribution in [1.29, 1.82) is 0 Å². The predicted molar refractivity (Wildman–Crippen MR) is 151 cm³/mol. The molecular weight excluding hydrogens is 581 g/mol. The number of carbonyl (C=O) groups excluding carboxylic acids is 1. The molecule has 1 aliphatic heterocycles. The molecule has 5 rings (SSSR count). The van der Waals surface area contributed by atoms with Crippen LogP contribution in [0.5, 0.6) is 5.75 Å². The van der Waals surface area contributed by atoms with Gasteiger partial charge in [0.15, 0.2) is 0 Å². The number of rotatable bonds is 9. The van der Waals surface area contributed by atoms with E-state index in [1.54, 1.807) is 24.5 Å². The molecule has 4 aromatic rings. The smallest absolute Gasteiger partial charge is 0.259 e. The van der Waals surface area contributed by atoms with Crippen LogP contribution >= 0.6 is 22.6 Å².